The first-order valence-electron chi connectivity index (χ1n) is 7.30. The highest BCUT2D eigenvalue weighted by Gasteiger charge is 2.17. The Hall–Kier alpha value is -1.19. The molecule has 102 valence electrons. The van der Waals surface area contributed by atoms with Gasteiger partial charge in [-0.2, -0.15) is 0 Å². The van der Waals surface area contributed by atoms with Crippen LogP contribution in [0.5, 0.6) is 0 Å². The Bertz CT molecular complexity index is 464. The molecule has 1 aliphatic heterocycles. The number of hydrogen-bond acceptors (Lipinski definition) is 3. The Kier molecular flexibility index (Phi) is 3.95. The van der Waals surface area contributed by atoms with Crippen LogP contribution < -0.4 is 5.32 Å². The van der Waals surface area contributed by atoms with Crippen LogP contribution in [0.3, 0.4) is 0 Å². The summed E-state index contributed by atoms with van der Waals surface area (Å²) in [5.41, 5.74) is 3.58. The average molecular weight is 259 g/mol. The molecule has 3 heteroatoms. The first kappa shape index (κ1) is 12.8. The highest BCUT2D eigenvalue weighted by molar-refractivity contribution is 5.97. The van der Waals surface area contributed by atoms with E-state index in [4.69, 9.17) is 4.74 Å². The van der Waals surface area contributed by atoms with Crippen molar-refractivity contribution in [1.82, 2.24) is 5.32 Å². The molecule has 0 spiro atoms. The van der Waals surface area contributed by atoms with Crippen LogP contribution in [0.4, 0.5) is 0 Å². The number of ether oxygens (including phenoxy) is 1. The third kappa shape index (κ3) is 3.04. The molecule has 0 unspecified atom stereocenters. The number of fused-ring (bicyclic) bond motifs is 1. The van der Waals surface area contributed by atoms with E-state index in [0.29, 0.717) is 0 Å². The van der Waals surface area contributed by atoms with Crippen molar-refractivity contribution in [2.24, 2.45) is 0 Å². The summed E-state index contributed by atoms with van der Waals surface area (Å²) in [6.07, 6.45) is 5.77. The smallest absolute Gasteiger partial charge is 0.188 e. The Morgan fingerprint density at radius 1 is 1.21 bits per heavy atom. The van der Waals surface area contributed by atoms with Crippen molar-refractivity contribution >= 4 is 5.78 Å². The molecule has 0 aromatic heterocycles. The monoisotopic (exact) mass is 259 g/mol. The van der Waals surface area contributed by atoms with Gasteiger partial charge in [0, 0.05) is 5.56 Å². The molecule has 1 saturated heterocycles. The molecule has 0 saturated carbocycles. The summed E-state index contributed by atoms with van der Waals surface area (Å²) in [5, 5.41) is 3.30. The van der Waals surface area contributed by atoms with E-state index in [1.54, 1.807) is 0 Å². The number of nitrogens with one attached hydrogen (secondary N) is 1. The van der Waals surface area contributed by atoms with Gasteiger partial charge in [0.25, 0.3) is 0 Å². The van der Waals surface area contributed by atoms with Gasteiger partial charge in [0.2, 0.25) is 0 Å². The summed E-state index contributed by atoms with van der Waals surface area (Å²) in [5.74, 6) is 0.119. The molecule has 1 aromatic carbocycles. The molecule has 2 aliphatic rings. The van der Waals surface area contributed by atoms with Crippen molar-refractivity contribution in [2.75, 3.05) is 19.7 Å². The third-order valence-electron chi connectivity index (χ3n) is 4.16. The molecule has 0 amide bonds. The standard InChI is InChI=1S/C16H21NO2/c18-16(11-19-15-6-8-17-9-7-15)14-5-4-12-2-1-3-13(12)10-14/h4-5,10,15,17H,1-3,6-9,11H2. The number of piperidine rings is 1. The van der Waals surface area contributed by atoms with Gasteiger partial charge in [0.15, 0.2) is 5.78 Å². The fraction of sp³-hybridized carbons (Fsp3) is 0.562. The second-order valence-corrected chi connectivity index (χ2v) is 5.52. The van der Waals surface area contributed by atoms with Crippen LogP contribution in [0.1, 0.15) is 40.7 Å². The molecule has 1 fully saturated rings. The molecular weight excluding hydrogens is 238 g/mol. The Morgan fingerprint density at radius 2 is 2.00 bits per heavy atom. The minimum Gasteiger partial charge on any atom is -0.370 e. The first-order chi connectivity index (χ1) is 9.33. The summed E-state index contributed by atoms with van der Waals surface area (Å²) >= 11 is 0. The van der Waals surface area contributed by atoms with Crippen molar-refractivity contribution < 1.29 is 9.53 Å². The minimum atomic E-state index is 0.119. The predicted octanol–water partition coefficient (Wildman–Crippen LogP) is 2.13. The maximum Gasteiger partial charge on any atom is 0.188 e. The van der Waals surface area contributed by atoms with E-state index in [9.17, 15) is 4.79 Å². The molecule has 1 aliphatic carbocycles. The normalized spacial score (nSPS) is 19.4. The minimum absolute atomic E-state index is 0.119. The summed E-state index contributed by atoms with van der Waals surface area (Å²) in [7, 11) is 0. The lowest BCUT2D eigenvalue weighted by atomic mass is 10.0. The molecule has 3 rings (SSSR count). The van der Waals surface area contributed by atoms with Crippen LogP contribution in [0.15, 0.2) is 18.2 Å². The number of carbonyl (C=O) groups excluding carboxylic acids is 1. The maximum absolute atomic E-state index is 12.1. The Labute approximate surface area is 114 Å². The number of Topliss-reactive ketones (excluding diaryl/α,β-unsaturated/α-hetero) is 1. The highest BCUT2D eigenvalue weighted by Crippen LogP contribution is 2.23. The zero-order valence-corrected chi connectivity index (χ0v) is 11.3. The lowest BCUT2D eigenvalue weighted by molar-refractivity contribution is 0.0317. The molecular formula is C16H21NO2. The van der Waals surface area contributed by atoms with Crippen molar-refractivity contribution in [1.29, 1.82) is 0 Å². The zero-order valence-electron chi connectivity index (χ0n) is 11.3. The summed E-state index contributed by atoms with van der Waals surface area (Å²) < 4.78 is 5.73. The number of benzene rings is 1. The quantitative estimate of drug-likeness (QED) is 0.842. The van der Waals surface area contributed by atoms with Crippen LogP contribution in [0.2, 0.25) is 0 Å². The topological polar surface area (TPSA) is 38.3 Å². The molecule has 0 atom stereocenters. The fourth-order valence-electron chi connectivity index (χ4n) is 2.98. The highest BCUT2D eigenvalue weighted by atomic mass is 16.5. The molecule has 3 nitrogen and oxygen atoms in total. The summed E-state index contributed by atoms with van der Waals surface area (Å²) in [6.45, 7) is 2.22. The predicted molar refractivity (Wildman–Crippen MR) is 74.6 cm³/mol. The second-order valence-electron chi connectivity index (χ2n) is 5.52. The van der Waals surface area contributed by atoms with Gasteiger partial charge in [0.1, 0.15) is 6.61 Å². The average Bonchev–Trinajstić information content (AvgIpc) is 2.93. The SMILES string of the molecule is O=C(COC1CCNCC1)c1ccc2c(c1)CCC2. The van der Waals surface area contributed by atoms with Crippen molar-refractivity contribution in [3.05, 3.63) is 34.9 Å². The van der Waals surface area contributed by atoms with Crippen molar-refractivity contribution in [3.8, 4) is 0 Å². The van der Waals surface area contributed by atoms with Gasteiger partial charge in [0.05, 0.1) is 6.10 Å². The van der Waals surface area contributed by atoms with Crippen LogP contribution in [0.25, 0.3) is 0 Å². The van der Waals surface area contributed by atoms with Crippen molar-refractivity contribution in [3.63, 3.8) is 0 Å². The fourth-order valence-corrected chi connectivity index (χ4v) is 2.98. The van der Waals surface area contributed by atoms with Crippen LogP contribution in [-0.2, 0) is 17.6 Å². The van der Waals surface area contributed by atoms with Crippen LogP contribution in [0, 0.1) is 0 Å². The number of carbonyl (C=O) groups is 1. The number of hydrogen-bond donors (Lipinski definition) is 1. The van der Waals surface area contributed by atoms with Gasteiger partial charge in [-0.1, -0.05) is 12.1 Å². The van der Waals surface area contributed by atoms with E-state index in [1.165, 1.54) is 17.5 Å². The van der Waals surface area contributed by atoms with E-state index >= 15 is 0 Å². The number of rotatable bonds is 4. The van der Waals surface area contributed by atoms with E-state index in [2.05, 4.69) is 17.4 Å². The Morgan fingerprint density at radius 3 is 2.84 bits per heavy atom. The van der Waals surface area contributed by atoms with E-state index < -0.39 is 0 Å². The molecule has 1 N–H and O–H groups in total. The lowest BCUT2D eigenvalue weighted by Crippen LogP contribution is -2.33. The molecule has 19 heavy (non-hydrogen) atoms. The van der Waals surface area contributed by atoms with Gasteiger partial charge < -0.3 is 10.1 Å². The zero-order chi connectivity index (χ0) is 13.1. The number of aryl methyl sites for hydroxylation is 2. The van der Waals surface area contributed by atoms with E-state index in [1.807, 2.05) is 6.07 Å². The summed E-state index contributed by atoms with van der Waals surface area (Å²) in [6, 6.07) is 6.13. The first-order valence-corrected chi connectivity index (χ1v) is 7.30. The van der Waals surface area contributed by atoms with E-state index in [0.717, 1.165) is 44.3 Å². The van der Waals surface area contributed by atoms with Gasteiger partial charge >= 0.3 is 0 Å². The molecule has 0 bridgehead atoms. The molecule has 0 radical (unpaired) electrons. The van der Waals surface area contributed by atoms with Gasteiger partial charge in [-0.25, -0.2) is 0 Å². The Balaban J connectivity index is 1.57. The van der Waals surface area contributed by atoms with Gasteiger partial charge in [-0.15, -0.1) is 0 Å². The lowest BCUT2D eigenvalue weighted by Gasteiger charge is -2.22. The largest absolute Gasteiger partial charge is 0.370 e. The second kappa shape index (κ2) is 5.85. The maximum atomic E-state index is 12.1. The summed E-state index contributed by atoms with van der Waals surface area (Å²) in [4.78, 5) is 12.1. The molecule has 1 aromatic rings. The number of ketones is 1. The molecule has 1 heterocycles. The van der Waals surface area contributed by atoms with Crippen LogP contribution in [-0.4, -0.2) is 31.6 Å². The third-order valence-corrected chi connectivity index (χ3v) is 4.16. The van der Waals surface area contributed by atoms with Gasteiger partial charge in [-0.05, 0) is 62.4 Å². The van der Waals surface area contributed by atoms with Crippen molar-refractivity contribution in [2.45, 2.75) is 38.2 Å². The van der Waals surface area contributed by atoms with E-state index in [-0.39, 0.29) is 18.5 Å². The van der Waals surface area contributed by atoms with Crippen LogP contribution >= 0.6 is 0 Å². The van der Waals surface area contributed by atoms with Gasteiger partial charge in [-0.3, -0.25) is 4.79 Å².